The van der Waals surface area contributed by atoms with Gasteiger partial charge in [0.05, 0.1) is 19.0 Å². The number of carbonyl (C=O) groups excluding carboxylic acids is 2. The number of hydrogen-bond donors (Lipinski definition) is 1. The zero-order chi connectivity index (χ0) is 14.4. The van der Waals surface area contributed by atoms with Gasteiger partial charge in [0.1, 0.15) is 0 Å². The molecule has 2 N–H and O–H groups in total. The van der Waals surface area contributed by atoms with Crippen LogP contribution < -0.4 is 5.73 Å². The largest absolute Gasteiger partial charge is 0.455 e. The lowest BCUT2D eigenvalue weighted by molar-refractivity contribution is -0.151. The first kappa shape index (κ1) is 15.0. The molecule has 0 spiro atoms. The molecule has 110 valence electrons. The highest BCUT2D eigenvalue weighted by Gasteiger charge is 2.18. The second kappa shape index (κ2) is 7.41. The average Bonchev–Trinajstić information content (AvgIpc) is 2.89. The summed E-state index contributed by atoms with van der Waals surface area (Å²) in [5, 5.41) is 7.75. The quantitative estimate of drug-likeness (QED) is 0.578. The molecule has 1 aromatic heterocycles. The van der Waals surface area contributed by atoms with E-state index in [1.807, 2.05) is 0 Å². The van der Waals surface area contributed by atoms with Crippen LogP contribution in [0.1, 0.15) is 0 Å². The van der Waals surface area contributed by atoms with Gasteiger partial charge in [0.15, 0.2) is 10.9 Å². The molecule has 1 aliphatic heterocycles. The first-order valence-corrected chi connectivity index (χ1v) is 7.68. The molecule has 2 heterocycles. The molecular weight excluding hydrogens is 304 g/mol. The van der Waals surface area contributed by atoms with Crippen molar-refractivity contribution in [3.05, 3.63) is 0 Å². The molecule has 20 heavy (non-hydrogen) atoms. The maximum atomic E-state index is 11.7. The van der Waals surface area contributed by atoms with E-state index in [0.29, 0.717) is 35.8 Å². The van der Waals surface area contributed by atoms with Crippen molar-refractivity contribution in [1.29, 1.82) is 0 Å². The van der Waals surface area contributed by atoms with Crippen molar-refractivity contribution in [1.82, 2.24) is 15.1 Å². The number of thioether (sulfide) groups is 1. The predicted octanol–water partition coefficient (Wildman–Crippen LogP) is -0.386. The average molecular weight is 318 g/mol. The Morgan fingerprint density at radius 3 is 2.80 bits per heavy atom. The van der Waals surface area contributed by atoms with Crippen LogP contribution in [0.4, 0.5) is 5.13 Å². The predicted molar refractivity (Wildman–Crippen MR) is 73.4 cm³/mol. The Morgan fingerprint density at radius 1 is 1.40 bits per heavy atom. The molecule has 1 fully saturated rings. The summed E-state index contributed by atoms with van der Waals surface area (Å²) in [4.78, 5) is 24.8. The van der Waals surface area contributed by atoms with Gasteiger partial charge in [-0.25, -0.2) is 0 Å². The van der Waals surface area contributed by atoms with Crippen LogP contribution in [0.5, 0.6) is 0 Å². The van der Waals surface area contributed by atoms with Gasteiger partial charge in [-0.15, -0.1) is 10.2 Å². The number of amides is 1. The number of ether oxygens (including phenoxy) is 2. The number of nitrogen functional groups attached to an aromatic ring is 1. The Hall–Kier alpha value is -1.39. The van der Waals surface area contributed by atoms with Crippen LogP contribution in [-0.2, 0) is 19.1 Å². The SMILES string of the molecule is Nc1nnc(SCC(=O)OCC(=O)N2CCOCC2)s1. The number of nitrogens with zero attached hydrogens (tertiary/aromatic N) is 3. The van der Waals surface area contributed by atoms with Crippen LogP contribution >= 0.6 is 23.1 Å². The fraction of sp³-hybridized carbons (Fsp3) is 0.600. The van der Waals surface area contributed by atoms with Gasteiger partial charge in [0.2, 0.25) is 5.13 Å². The van der Waals surface area contributed by atoms with E-state index in [9.17, 15) is 9.59 Å². The minimum atomic E-state index is -0.467. The topological polar surface area (TPSA) is 108 Å². The lowest BCUT2D eigenvalue weighted by Gasteiger charge is -2.26. The standard InChI is InChI=1S/C10H14N4O4S2/c11-9-12-13-10(20-9)19-6-8(16)18-5-7(15)14-1-3-17-4-2-14/h1-6H2,(H2,11,12). The third-order valence-electron chi connectivity index (χ3n) is 2.46. The highest BCUT2D eigenvalue weighted by atomic mass is 32.2. The molecule has 1 aromatic rings. The number of aromatic nitrogens is 2. The minimum absolute atomic E-state index is 0.0744. The summed E-state index contributed by atoms with van der Waals surface area (Å²) in [6, 6.07) is 0. The van der Waals surface area contributed by atoms with Gasteiger partial charge in [0, 0.05) is 13.1 Å². The normalized spacial score (nSPS) is 15.1. The second-order valence-electron chi connectivity index (χ2n) is 3.85. The summed E-state index contributed by atoms with van der Waals surface area (Å²) in [6.07, 6.45) is 0. The Kier molecular flexibility index (Phi) is 5.56. The monoisotopic (exact) mass is 318 g/mol. The summed E-state index contributed by atoms with van der Waals surface area (Å²) < 4.78 is 10.7. The van der Waals surface area contributed by atoms with Gasteiger partial charge in [-0.05, 0) is 0 Å². The summed E-state index contributed by atoms with van der Waals surface area (Å²) in [5.41, 5.74) is 5.42. The van der Waals surface area contributed by atoms with Gasteiger partial charge in [-0.2, -0.15) is 0 Å². The van der Waals surface area contributed by atoms with E-state index in [0.717, 1.165) is 0 Å². The number of hydrogen-bond acceptors (Lipinski definition) is 9. The van der Waals surface area contributed by atoms with Crippen molar-refractivity contribution in [2.24, 2.45) is 0 Å². The minimum Gasteiger partial charge on any atom is -0.455 e. The zero-order valence-corrected chi connectivity index (χ0v) is 12.2. The van der Waals surface area contributed by atoms with Crippen molar-refractivity contribution >= 4 is 40.1 Å². The third-order valence-corrected chi connectivity index (χ3v) is 4.32. The number of esters is 1. The highest BCUT2D eigenvalue weighted by molar-refractivity contribution is 8.01. The van der Waals surface area contributed by atoms with E-state index in [1.165, 1.54) is 23.1 Å². The third kappa shape index (κ3) is 4.62. The number of carbonyl (C=O) groups is 2. The van der Waals surface area contributed by atoms with Gasteiger partial charge < -0.3 is 20.1 Å². The number of rotatable bonds is 5. The summed E-state index contributed by atoms with van der Waals surface area (Å²) >= 11 is 2.38. The molecule has 0 aromatic carbocycles. The summed E-state index contributed by atoms with van der Waals surface area (Å²) in [7, 11) is 0. The first-order valence-electron chi connectivity index (χ1n) is 5.88. The molecule has 0 aliphatic carbocycles. The molecule has 10 heteroatoms. The van der Waals surface area contributed by atoms with E-state index in [-0.39, 0.29) is 18.3 Å². The van der Waals surface area contributed by atoms with Gasteiger partial charge in [-0.1, -0.05) is 23.1 Å². The molecule has 0 unspecified atom stereocenters. The second-order valence-corrected chi connectivity index (χ2v) is 6.08. The van der Waals surface area contributed by atoms with E-state index in [1.54, 1.807) is 4.90 Å². The zero-order valence-electron chi connectivity index (χ0n) is 10.6. The Balaban J connectivity index is 1.65. The fourth-order valence-corrected chi connectivity index (χ4v) is 2.92. The van der Waals surface area contributed by atoms with E-state index < -0.39 is 5.97 Å². The molecule has 0 radical (unpaired) electrons. The van der Waals surface area contributed by atoms with Crippen molar-refractivity contribution in [3.63, 3.8) is 0 Å². The molecular formula is C10H14N4O4S2. The van der Waals surface area contributed by atoms with Crippen LogP contribution in [0.25, 0.3) is 0 Å². The molecule has 1 amide bonds. The van der Waals surface area contributed by atoms with Crippen molar-refractivity contribution in [2.75, 3.05) is 44.4 Å². The molecule has 0 atom stereocenters. The summed E-state index contributed by atoms with van der Waals surface area (Å²) in [5.74, 6) is -0.595. The Morgan fingerprint density at radius 2 is 2.15 bits per heavy atom. The molecule has 1 saturated heterocycles. The number of anilines is 1. The van der Waals surface area contributed by atoms with Gasteiger partial charge in [0.25, 0.3) is 5.91 Å². The van der Waals surface area contributed by atoms with E-state index in [2.05, 4.69) is 10.2 Å². The van der Waals surface area contributed by atoms with Crippen molar-refractivity contribution in [2.45, 2.75) is 4.34 Å². The molecule has 8 nitrogen and oxygen atoms in total. The number of nitrogens with two attached hydrogens (primary N) is 1. The maximum absolute atomic E-state index is 11.7. The molecule has 0 saturated carbocycles. The van der Waals surface area contributed by atoms with E-state index in [4.69, 9.17) is 15.2 Å². The Bertz CT molecular complexity index is 476. The molecule has 1 aliphatic rings. The van der Waals surface area contributed by atoms with E-state index >= 15 is 0 Å². The van der Waals surface area contributed by atoms with Crippen LogP contribution in [0.3, 0.4) is 0 Å². The van der Waals surface area contributed by atoms with Crippen LogP contribution in [-0.4, -0.2) is 65.6 Å². The lowest BCUT2D eigenvalue weighted by Crippen LogP contribution is -2.42. The van der Waals surface area contributed by atoms with Crippen LogP contribution in [0.15, 0.2) is 4.34 Å². The van der Waals surface area contributed by atoms with Crippen molar-refractivity contribution in [3.8, 4) is 0 Å². The molecule has 2 rings (SSSR count). The fourth-order valence-electron chi connectivity index (χ4n) is 1.49. The Labute approximate surface area is 123 Å². The summed E-state index contributed by atoms with van der Waals surface area (Å²) in [6.45, 7) is 1.88. The van der Waals surface area contributed by atoms with Crippen LogP contribution in [0.2, 0.25) is 0 Å². The first-order chi connectivity index (χ1) is 9.65. The maximum Gasteiger partial charge on any atom is 0.316 e. The van der Waals surface area contributed by atoms with Gasteiger partial charge >= 0.3 is 5.97 Å². The smallest absolute Gasteiger partial charge is 0.316 e. The number of morpholine rings is 1. The molecule has 0 bridgehead atoms. The van der Waals surface area contributed by atoms with Crippen LogP contribution in [0, 0.1) is 0 Å². The van der Waals surface area contributed by atoms with Crippen molar-refractivity contribution < 1.29 is 19.1 Å². The lowest BCUT2D eigenvalue weighted by atomic mass is 10.4. The highest BCUT2D eigenvalue weighted by Crippen LogP contribution is 2.23. The van der Waals surface area contributed by atoms with Gasteiger partial charge in [-0.3, -0.25) is 9.59 Å².